The lowest BCUT2D eigenvalue weighted by Crippen LogP contribution is -2.21. The molecule has 0 atom stereocenters. The molecule has 0 fully saturated rings. The average Bonchev–Trinajstić information content (AvgIpc) is 2.87. The lowest BCUT2D eigenvalue weighted by molar-refractivity contribution is -0.131. The molecule has 184 valence electrons. The van der Waals surface area contributed by atoms with Gasteiger partial charge in [0, 0.05) is 36.2 Å². The molecule has 3 aromatic carbocycles. The van der Waals surface area contributed by atoms with Crippen LogP contribution in [0.3, 0.4) is 0 Å². The van der Waals surface area contributed by atoms with Crippen LogP contribution in [0.1, 0.15) is 24.5 Å². The van der Waals surface area contributed by atoms with Gasteiger partial charge in [0.1, 0.15) is 5.75 Å². The molecule has 0 saturated heterocycles. The highest BCUT2D eigenvalue weighted by molar-refractivity contribution is 5.69. The Morgan fingerprint density at radius 2 is 1.33 bits per heavy atom. The van der Waals surface area contributed by atoms with Crippen LogP contribution >= 0.6 is 0 Å². The maximum absolute atomic E-state index is 14.1. The minimum Gasteiger partial charge on any atom is -0.429 e. The number of hydrogen-bond acceptors (Lipinski definition) is 3. The Hall–Kier alpha value is -4.07. The van der Waals surface area contributed by atoms with Gasteiger partial charge in [-0.05, 0) is 34.8 Å². The van der Waals surface area contributed by atoms with Gasteiger partial charge in [-0.15, -0.1) is 0 Å². The van der Waals surface area contributed by atoms with Crippen molar-refractivity contribution in [2.75, 3.05) is 0 Å². The van der Waals surface area contributed by atoms with E-state index in [1.165, 1.54) is 0 Å². The van der Waals surface area contributed by atoms with Crippen molar-refractivity contribution in [2.45, 2.75) is 25.9 Å². The van der Waals surface area contributed by atoms with Crippen LogP contribution in [-0.4, -0.2) is 16.1 Å². The summed E-state index contributed by atoms with van der Waals surface area (Å²) in [5.74, 6) is -5.19. The molecule has 1 heterocycles. The number of aromatic nitrogens is 2. The largest absolute Gasteiger partial charge is 0.429 e. The lowest BCUT2D eigenvalue weighted by Gasteiger charge is -2.14. The van der Waals surface area contributed by atoms with Gasteiger partial charge in [0.25, 0.3) is 0 Å². The monoisotopic (exact) mass is 496 g/mol. The van der Waals surface area contributed by atoms with Crippen molar-refractivity contribution >= 4 is 6.08 Å². The van der Waals surface area contributed by atoms with E-state index in [-0.39, 0.29) is 0 Å². The van der Waals surface area contributed by atoms with Gasteiger partial charge in [-0.3, -0.25) is 0 Å². The average molecular weight is 496 g/mol. The molecule has 8 heteroatoms. The van der Waals surface area contributed by atoms with Gasteiger partial charge < -0.3 is 4.74 Å². The van der Waals surface area contributed by atoms with Crippen molar-refractivity contribution in [1.82, 2.24) is 9.97 Å². The highest BCUT2D eigenvalue weighted by Gasteiger charge is 2.28. The Labute approximate surface area is 204 Å². The number of alkyl halides is 2. The zero-order valence-corrected chi connectivity index (χ0v) is 19.2. The van der Waals surface area contributed by atoms with E-state index in [1.807, 2.05) is 36.7 Å². The number of aryl methyl sites for hydroxylation is 1. The van der Waals surface area contributed by atoms with Gasteiger partial charge in [0.2, 0.25) is 0 Å². The van der Waals surface area contributed by atoms with E-state index in [9.17, 15) is 22.0 Å². The summed E-state index contributed by atoms with van der Waals surface area (Å²) >= 11 is 0. The van der Waals surface area contributed by atoms with Crippen molar-refractivity contribution in [3.8, 4) is 28.3 Å². The standard InChI is InChI=1S/C28H21F5N2O/c1-2-3-19-16-34-27(35-17-19)22-10-8-21(9-11-22)20-6-4-18(5-7-20)12-13-28(32,33)36-23-14-24(29)26(31)25(30)15-23/h4-17H,2-3H2,1H3/b13-12+. The fraction of sp³-hybridized carbons (Fsp3) is 0.143. The van der Waals surface area contributed by atoms with Crippen LogP contribution in [0.25, 0.3) is 28.6 Å². The molecule has 4 rings (SSSR count). The van der Waals surface area contributed by atoms with Crippen molar-refractivity contribution in [1.29, 1.82) is 0 Å². The van der Waals surface area contributed by atoms with Crippen LogP contribution < -0.4 is 4.74 Å². The summed E-state index contributed by atoms with van der Waals surface area (Å²) in [7, 11) is 0. The quantitative estimate of drug-likeness (QED) is 0.184. The molecule has 0 N–H and O–H groups in total. The first-order valence-electron chi connectivity index (χ1n) is 11.2. The van der Waals surface area contributed by atoms with E-state index >= 15 is 0 Å². The highest BCUT2D eigenvalue weighted by Crippen LogP contribution is 2.28. The van der Waals surface area contributed by atoms with Crippen LogP contribution in [0.15, 0.2) is 79.1 Å². The Balaban J connectivity index is 1.42. The molecule has 0 spiro atoms. The second kappa shape index (κ2) is 10.7. The van der Waals surface area contributed by atoms with E-state index in [1.54, 1.807) is 24.3 Å². The third-order valence-electron chi connectivity index (χ3n) is 5.31. The van der Waals surface area contributed by atoms with Gasteiger partial charge in [0.05, 0.1) is 0 Å². The predicted octanol–water partition coefficient (Wildman–Crippen LogP) is 7.87. The van der Waals surface area contributed by atoms with E-state index < -0.39 is 29.3 Å². The second-order valence-electron chi connectivity index (χ2n) is 8.06. The van der Waals surface area contributed by atoms with Gasteiger partial charge >= 0.3 is 6.11 Å². The molecular formula is C28H21F5N2O. The van der Waals surface area contributed by atoms with Crippen molar-refractivity contribution < 1.29 is 26.7 Å². The summed E-state index contributed by atoms with van der Waals surface area (Å²) in [6, 6.07) is 15.2. The second-order valence-corrected chi connectivity index (χ2v) is 8.06. The molecule has 0 amide bonds. The number of benzene rings is 3. The van der Waals surface area contributed by atoms with Crippen LogP contribution in [-0.2, 0) is 6.42 Å². The van der Waals surface area contributed by atoms with Crippen molar-refractivity contribution in [3.05, 3.63) is 108 Å². The van der Waals surface area contributed by atoms with Crippen LogP contribution in [0.2, 0.25) is 0 Å². The molecule has 0 unspecified atom stereocenters. The minimum atomic E-state index is -3.87. The zero-order chi connectivity index (χ0) is 25.7. The van der Waals surface area contributed by atoms with Gasteiger partial charge in [0.15, 0.2) is 23.3 Å². The van der Waals surface area contributed by atoms with E-state index in [0.29, 0.717) is 29.6 Å². The normalized spacial score (nSPS) is 11.7. The minimum absolute atomic E-state index is 0.355. The van der Waals surface area contributed by atoms with E-state index in [0.717, 1.165) is 41.2 Å². The Kier molecular flexibility index (Phi) is 7.43. The van der Waals surface area contributed by atoms with E-state index in [4.69, 9.17) is 0 Å². The van der Waals surface area contributed by atoms with Gasteiger partial charge in [-0.1, -0.05) is 61.9 Å². The SMILES string of the molecule is CCCc1cnc(-c2ccc(-c3ccc(/C=C/C(F)(F)Oc4cc(F)c(F)c(F)c4)cc3)cc2)nc1. The molecule has 3 nitrogen and oxygen atoms in total. The lowest BCUT2D eigenvalue weighted by atomic mass is 10.0. The van der Waals surface area contributed by atoms with Crippen LogP contribution in [0.4, 0.5) is 22.0 Å². The van der Waals surface area contributed by atoms with E-state index in [2.05, 4.69) is 21.6 Å². The third kappa shape index (κ3) is 6.13. The number of rotatable bonds is 8. The number of ether oxygens (including phenoxy) is 1. The topological polar surface area (TPSA) is 35.0 Å². The zero-order valence-electron chi connectivity index (χ0n) is 19.2. The molecule has 1 aromatic heterocycles. The van der Waals surface area contributed by atoms with Gasteiger partial charge in [-0.25, -0.2) is 23.1 Å². The molecule has 36 heavy (non-hydrogen) atoms. The number of halogens is 5. The van der Waals surface area contributed by atoms with Crippen LogP contribution in [0.5, 0.6) is 5.75 Å². The summed E-state index contributed by atoms with van der Waals surface area (Å²) in [6.45, 7) is 2.10. The fourth-order valence-corrected chi connectivity index (χ4v) is 3.50. The Morgan fingerprint density at radius 1 is 0.806 bits per heavy atom. The van der Waals surface area contributed by atoms with Gasteiger partial charge in [-0.2, -0.15) is 8.78 Å². The highest BCUT2D eigenvalue weighted by atomic mass is 19.3. The summed E-state index contributed by atoms with van der Waals surface area (Å²) in [6.07, 6.45) is 3.31. The van der Waals surface area contributed by atoms with Crippen molar-refractivity contribution in [2.24, 2.45) is 0 Å². The summed E-state index contributed by atoms with van der Waals surface area (Å²) in [5.41, 5.74) is 4.22. The first-order valence-corrected chi connectivity index (χ1v) is 11.2. The number of nitrogens with zero attached hydrogens (tertiary/aromatic N) is 2. The third-order valence-corrected chi connectivity index (χ3v) is 5.31. The first-order chi connectivity index (χ1) is 17.2. The molecule has 0 saturated carbocycles. The molecule has 0 radical (unpaired) electrons. The maximum atomic E-state index is 14.1. The Bertz CT molecular complexity index is 1330. The summed E-state index contributed by atoms with van der Waals surface area (Å²) in [4.78, 5) is 8.83. The molecule has 0 aliphatic carbocycles. The molecule has 0 aliphatic heterocycles. The van der Waals surface area contributed by atoms with Crippen molar-refractivity contribution in [3.63, 3.8) is 0 Å². The molecular weight excluding hydrogens is 475 g/mol. The molecule has 0 aliphatic rings. The predicted molar refractivity (Wildman–Crippen MR) is 128 cm³/mol. The summed E-state index contributed by atoms with van der Waals surface area (Å²) in [5, 5.41) is 0. The molecule has 0 bridgehead atoms. The molecule has 4 aromatic rings. The smallest absolute Gasteiger partial charge is 0.419 e. The van der Waals surface area contributed by atoms with Crippen LogP contribution in [0, 0.1) is 17.5 Å². The first kappa shape index (κ1) is 25.0. The number of hydrogen-bond donors (Lipinski definition) is 0. The fourth-order valence-electron chi connectivity index (χ4n) is 3.50. The summed E-state index contributed by atoms with van der Waals surface area (Å²) < 4.78 is 71.9. The Morgan fingerprint density at radius 3 is 1.89 bits per heavy atom. The maximum Gasteiger partial charge on any atom is 0.419 e.